The van der Waals surface area contributed by atoms with E-state index in [9.17, 15) is 21.6 Å². The van der Waals surface area contributed by atoms with Crippen LogP contribution in [0.3, 0.4) is 0 Å². The molecule has 0 saturated carbocycles. The number of benzene rings is 2. The lowest BCUT2D eigenvalue weighted by molar-refractivity contribution is -0.137. The average molecular weight is 361 g/mol. The van der Waals surface area contributed by atoms with E-state index >= 15 is 0 Å². The van der Waals surface area contributed by atoms with Gasteiger partial charge in [0, 0.05) is 11.9 Å². The molecule has 2 aromatic carbocycles. The maximum Gasteiger partial charge on any atom is 0.416 e. The number of hydrogen-bond donors (Lipinski definition) is 0. The lowest BCUT2D eigenvalue weighted by Gasteiger charge is -2.20. The van der Waals surface area contributed by atoms with Crippen LogP contribution in [0.5, 0.6) is 0 Å². The molecule has 0 aliphatic rings. The maximum absolute atomic E-state index is 12.8. The Morgan fingerprint density at radius 3 is 2.17 bits per heavy atom. The predicted octanol–water partition coefficient (Wildman–Crippen LogP) is 4.25. The maximum atomic E-state index is 12.8. The molecule has 0 fully saturated rings. The summed E-state index contributed by atoms with van der Waals surface area (Å²) in [4.78, 5) is 0.917. The molecular weight excluding hydrogens is 347 g/mol. The van der Waals surface area contributed by atoms with Crippen molar-refractivity contribution in [3.8, 4) is 0 Å². The Kier molecular flexibility index (Phi) is 4.95. The van der Waals surface area contributed by atoms with Crippen molar-refractivity contribution >= 4 is 27.5 Å². The summed E-state index contributed by atoms with van der Waals surface area (Å²) >= 11 is 1.46. The lowest BCUT2D eigenvalue weighted by atomic mass is 10.2. The van der Waals surface area contributed by atoms with Crippen LogP contribution >= 0.6 is 11.8 Å². The molecule has 0 saturated heterocycles. The minimum absolute atomic E-state index is 0.0233. The van der Waals surface area contributed by atoms with Crippen LogP contribution in [-0.4, -0.2) is 21.7 Å². The van der Waals surface area contributed by atoms with Crippen LogP contribution in [0, 0.1) is 0 Å². The highest BCUT2D eigenvalue weighted by atomic mass is 32.2. The number of thioether (sulfide) groups is 1. The largest absolute Gasteiger partial charge is 0.416 e. The molecule has 0 radical (unpaired) electrons. The van der Waals surface area contributed by atoms with Gasteiger partial charge in [0.2, 0.25) is 0 Å². The normalized spacial score (nSPS) is 12.2. The Morgan fingerprint density at radius 2 is 1.65 bits per heavy atom. The van der Waals surface area contributed by atoms with E-state index in [-0.39, 0.29) is 10.6 Å². The molecule has 124 valence electrons. The molecule has 2 aromatic rings. The third-order valence-electron chi connectivity index (χ3n) is 3.25. The van der Waals surface area contributed by atoms with Gasteiger partial charge in [0.05, 0.1) is 16.1 Å². The van der Waals surface area contributed by atoms with Crippen LogP contribution in [0.4, 0.5) is 18.9 Å². The van der Waals surface area contributed by atoms with Crippen molar-refractivity contribution < 1.29 is 21.6 Å². The van der Waals surface area contributed by atoms with E-state index in [1.54, 1.807) is 12.1 Å². The highest BCUT2D eigenvalue weighted by Gasteiger charge is 2.31. The van der Waals surface area contributed by atoms with E-state index in [0.29, 0.717) is 0 Å². The molecular formula is C15H14F3NO2S2. The van der Waals surface area contributed by atoms with Gasteiger partial charge in [-0.05, 0) is 48.7 Å². The van der Waals surface area contributed by atoms with Crippen LogP contribution in [0.2, 0.25) is 0 Å². The van der Waals surface area contributed by atoms with Crippen LogP contribution in [0.15, 0.2) is 58.3 Å². The van der Waals surface area contributed by atoms with Gasteiger partial charge < -0.3 is 0 Å². The van der Waals surface area contributed by atoms with Crippen molar-refractivity contribution in [2.24, 2.45) is 0 Å². The monoisotopic (exact) mass is 361 g/mol. The molecule has 0 aromatic heterocycles. The number of sulfonamides is 1. The summed E-state index contributed by atoms with van der Waals surface area (Å²) in [5.74, 6) is 0. The molecule has 0 unspecified atom stereocenters. The zero-order valence-electron chi connectivity index (χ0n) is 12.3. The summed E-state index contributed by atoms with van der Waals surface area (Å²) in [6.07, 6.45) is -2.67. The first kappa shape index (κ1) is 17.7. The SMILES string of the molecule is CSc1ccc(S(=O)(=O)N(C)c2cccc(C(F)(F)F)c2)cc1. The van der Waals surface area contributed by atoms with Gasteiger partial charge in [-0.2, -0.15) is 13.2 Å². The summed E-state index contributed by atoms with van der Waals surface area (Å²) in [5.41, 5.74) is -0.941. The van der Waals surface area contributed by atoms with E-state index < -0.39 is 21.8 Å². The summed E-state index contributed by atoms with van der Waals surface area (Å²) in [6, 6.07) is 10.4. The number of anilines is 1. The highest BCUT2D eigenvalue weighted by Crippen LogP contribution is 2.32. The van der Waals surface area contributed by atoms with Crippen molar-refractivity contribution in [3.05, 3.63) is 54.1 Å². The second-order valence-corrected chi connectivity index (χ2v) is 7.55. The second kappa shape index (κ2) is 6.45. The molecule has 0 bridgehead atoms. The molecule has 0 aliphatic heterocycles. The van der Waals surface area contributed by atoms with Gasteiger partial charge in [0.15, 0.2) is 0 Å². The minimum Gasteiger partial charge on any atom is -0.269 e. The first-order valence-corrected chi connectivity index (χ1v) is 9.13. The standard InChI is InChI=1S/C15H14F3NO2S2/c1-19(12-5-3-4-11(10-12)15(16,17)18)23(20,21)14-8-6-13(22-2)7-9-14/h3-10H,1-2H3. The molecule has 2 rings (SSSR count). The van der Waals surface area contributed by atoms with E-state index in [4.69, 9.17) is 0 Å². The summed E-state index contributed by atoms with van der Waals surface area (Å²) < 4.78 is 64.2. The number of halogens is 3. The molecule has 0 aliphatic carbocycles. The Hall–Kier alpha value is -1.67. The van der Waals surface area contributed by atoms with Gasteiger partial charge in [-0.1, -0.05) is 6.07 Å². The topological polar surface area (TPSA) is 37.4 Å². The van der Waals surface area contributed by atoms with Crippen molar-refractivity contribution in [3.63, 3.8) is 0 Å². The van der Waals surface area contributed by atoms with Crippen molar-refractivity contribution in [2.75, 3.05) is 17.6 Å². The van der Waals surface area contributed by atoms with E-state index in [2.05, 4.69) is 0 Å². The fourth-order valence-electron chi connectivity index (χ4n) is 1.92. The number of nitrogens with zero attached hydrogens (tertiary/aromatic N) is 1. The van der Waals surface area contributed by atoms with E-state index in [1.807, 2.05) is 6.26 Å². The van der Waals surface area contributed by atoms with Gasteiger partial charge in [0.1, 0.15) is 0 Å². The summed E-state index contributed by atoms with van der Waals surface area (Å²) in [7, 11) is -2.69. The third kappa shape index (κ3) is 3.81. The van der Waals surface area contributed by atoms with Crippen molar-refractivity contribution in [2.45, 2.75) is 16.0 Å². The molecule has 0 amide bonds. The van der Waals surface area contributed by atoms with Crippen LogP contribution < -0.4 is 4.31 Å². The van der Waals surface area contributed by atoms with Crippen LogP contribution in [0.25, 0.3) is 0 Å². The third-order valence-corrected chi connectivity index (χ3v) is 5.80. The average Bonchev–Trinajstić information content (AvgIpc) is 2.53. The van der Waals surface area contributed by atoms with Gasteiger partial charge in [0.25, 0.3) is 10.0 Å². The van der Waals surface area contributed by atoms with Crippen molar-refractivity contribution in [1.82, 2.24) is 0 Å². The van der Waals surface area contributed by atoms with Crippen LogP contribution in [0.1, 0.15) is 5.56 Å². The highest BCUT2D eigenvalue weighted by molar-refractivity contribution is 7.98. The smallest absolute Gasteiger partial charge is 0.269 e. The Bertz CT molecular complexity index is 787. The van der Waals surface area contributed by atoms with E-state index in [0.717, 1.165) is 21.3 Å². The minimum atomic E-state index is -4.53. The van der Waals surface area contributed by atoms with Gasteiger partial charge in [-0.3, -0.25) is 4.31 Å². The molecule has 0 atom stereocenters. The number of rotatable bonds is 4. The van der Waals surface area contributed by atoms with Crippen LogP contribution in [-0.2, 0) is 16.2 Å². The Labute approximate surface area is 137 Å². The zero-order valence-corrected chi connectivity index (χ0v) is 14.0. The summed E-state index contributed by atoms with van der Waals surface area (Å²) in [5, 5.41) is 0. The second-order valence-electron chi connectivity index (χ2n) is 4.70. The summed E-state index contributed by atoms with van der Waals surface area (Å²) in [6.45, 7) is 0. The quantitative estimate of drug-likeness (QED) is 0.764. The van der Waals surface area contributed by atoms with Gasteiger partial charge in [-0.15, -0.1) is 11.8 Å². The lowest BCUT2D eigenvalue weighted by Crippen LogP contribution is -2.26. The molecule has 3 nitrogen and oxygen atoms in total. The van der Waals surface area contributed by atoms with Gasteiger partial charge in [-0.25, -0.2) is 8.42 Å². The fourth-order valence-corrected chi connectivity index (χ4v) is 3.52. The number of alkyl halides is 3. The molecule has 23 heavy (non-hydrogen) atoms. The van der Waals surface area contributed by atoms with Crippen molar-refractivity contribution in [1.29, 1.82) is 0 Å². The van der Waals surface area contributed by atoms with E-state index in [1.165, 1.54) is 43.1 Å². The molecule has 8 heteroatoms. The zero-order chi connectivity index (χ0) is 17.3. The van der Waals surface area contributed by atoms with Gasteiger partial charge >= 0.3 is 6.18 Å². The number of hydrogen-bond acceptors (Lipinski definition) is 3. The molecule has 0 heterocycles. The Balaban J connectivity index is 2.40. The first-order chi connectivity index (χ1) is 10.7. The molecule has 0 N–H and O–H groups in total. The first-order valence-electron chi connectivity index (χ1n) is 6.46. The molecule has 0 spiro atoms. The Morgan fingerprint density at radius 1 is 1.04 bits per heavy atom. The fraction of sp³-hybridized carbons (Fsp3) is 0.200. The predicted molar refractivity (Wildman–Crippen MR) is 85.3 cm³/mol.